The van der Waals surface area contributed by atoms with Crippen LogP contribution in [-0.4, -0.2) is 38.8 Å². The summed E-state index contributed by atoms with van der Waals surface area (Å²) in [7, 11) is 0. The lowest BCUT2D eigenvalue weighted by Crippen LogP contribution is -2.38. The van der Waals surface area contributed by atoms with Crippen LogP contribution in [0.5, 0.6) is 0 Å². The molecule has 124 valence electrons. The highest BCUT2D eigenvalue weighted by Crippen LogP contribution is 2.28. The largest absolute Gasteiger partial charge is 0.481 e. The Morgan fingerprint density at radius 2 is 2.17 bits per heavy atom. The van der Waals surface area contributed by atoms with Gasteiger partial charge in [-0.15, -0.1) is 5.10 Å². The molecule has 0 amide bonds. The molecule has 2 aromatic rings. The average Bonchev–Trinajstić information content (AvgIpc) is 2.91. The fourth-order valence-electron chi connectivity index (χ4n) is 2.67. The molecule has 0 spiro atoms. The molecule has 0 bridgehead atoms. The van der Waals surface area contributed by atoms with E-state index in [-0.39, 0.29) is 16.9 Å². The van der Waals surface area contributed by atoms with E-state index in [1.807, 2.05) is 25.7 Å². The summed E-state index contributed by atoms with van der Waals surface area (Å²) in [5.41, 5.74) is 0.325. The molecule has 1 N–H and O–H groups in total. The first kappa shape index (κ1) is 15.9. The van der Waals surface area contributed by atoms with E-state index < -0.39 is 5.97 Å². The molecule has 3 heterocycles. The third-order valence-electron chi connectivity index (χ3n) is 4.04. The molecule has 8 heteroatoms. The number of carbonyl (C=O) groups is 1. The molecule has 1 unspecified atom stereocenters. The Bertz CT molecular complexity index is 805. The van der Waals surface area contributed by atoms with Crippen LogP contribution in [0.15, 0.2) is 10.9 Å². The maximum absolute atomic E-state index is 12.3. The van der Waals surface area contributed by atoms with E-state index in [0.29, 0.717) is 23.1 Å². The van der Waals surface area contributed by atoms with Gasteiger partial charge in [-0.05, 0) is 12.8 Å². The Hall–Kier alpha value is -1.96. The summed E-state index contributed by atoms with van der Waals surface area (Å²) in [6.07, 6.45) is 1.49. The number of hydrogen-bond donors (Lipinski definition) is 1. The highest BCUT2D eigenvalue weighted by Gasteiger charge is 2.28. The normalized spacial score (nSPS) is 19.3. The number of piperidine rings is 1. The van der Waals surface area contributed by atoms with E-state index in [2.05, 4.69) is 10.1 Å². The number of carboxylic acid groups (broad SMARTS) is 1. The standard InChI is InChI=1S/C15H20N4O3S/c1-15(2,3)10-7-11(20)19-13(16-10)23-14(17-19)18-6-4-5-9(8-18)12(21)22/h7,9H,4-6,8H2,1-3H3,(H,21,22). The molecule has 0 radical (unpaired) electrons. The number of nitrogens with zero attached hydrogens (tertiary/aromatic N) is 4. The summed E-state index contributed by atoms with van der Waals surface area (Å²) < 4.78 is 1.31. The first-order chi connectivity index (χ1) is 10.8. The first-order valence-corrected chi connectivity index (χ1v) is 8.46. The number of anilines is 1. The van der Waals surface area contributed by atoms with E-state index >= 15 is 0 Å². The Balaban J connectivity index is 1.98. The fraction of sp³-hybridized carbons (Fsp3) is 0.600. The van der Waals surface area contributed by atoms with Crippen LogP contribution in [0.25, 0.3) is 4.96 Å². The second-order valence-electron chi connectivity index (χ2n) is 6.93. The van der Waals surface area contributed by atoms with Crippen molar-refractivity contribution in [2.24, 2.45) is 5.92 Å². The average molecular weight is 336 g/mol. The molecule has 1 atom stereocenters. The van der Waals surface area contributed by atoms with Gasteiger partial charge < -0.3 is 10.0 Å². The summed E-state index contributed by atoms with van der Waals surface area (Å²) in [5, 5.41) is 14.2. The number of aromatic nitrogens is 3. The fourth-order valence-corrected chi connectivity index (χ4v) is 3.61. The van der Waals surface area contributed by atoms with Gasteiger partial charge in [-0.2, -0.15) is 4.52 Å². The van der Waals surface area contributed by atoms with Gasteiger partial charge in [0.15, 0.2) is 0 Å². The molecule has 0 aromatic carbocycles. The van der Waals surface area contributed by atoms with E-state index in [0.717, 1.165) is 18.7 Å². The second-order valence-corrected chi connectivity index (χ2v) is 7.87. The van der Waals surface area contributed by atoms with Gasteiger partial charge in [0, 0.05) is 24.6 Å². The minimum absolute atomic E-state index is 0.200. The van der Waals surface area contributed by atoms with Crippen molar-refractivity contribution in [1.29, 1.82) is 0 Å². The number of aliphatic carboxylic acids is 1. The van der Waals surface area contributed by atoms with E-state index in [1.165, 1.54) is 21.9 Å². The van der Waals surface area contributed by atoms with Gasteiger partial charge in [0.05, 0.1) is 11.6 Å². The van der Waals surface area contributed by atoms with Crippen molar-refractivity contribution in [3.8, 4) is 0 Å². The van der Waals surface area contributed by atoms with Crippen LogP contribution in [0.2, 0.25) is 0 Å². The van der Waals surface area contributed by atoms with E-state index in [4.69, 9.17) is 0 Å². The molecule has 23 heavy (non-hydrogen) atoms. The van der Waals surface area contributed by atoms with Gasteiger partial charge >= 0.3 is 5.97 Å². The zero-order valence-electron chi connectivity index (χ0n) is 13.4. The molecule has 2 aromatic heterocycles. The van der Waals surface area contributed by atoms with Gasteiger partial charge in [-0.1, -0.05) is 32.1 Å². The van der Waals surface area contributed by atoms with Gasteiger partial charge in [0.25, 0.3) is 5.56 Å². The summed E-state index contributed by atoms with van der Waals surface area (Å²) >= 11 is 1.34. The zero-order valence-corrected chi connectivity index (χ0v) is 14.3. The lowest BCUT2D eigenvalue weighted by molar-refractivity contribution is -0.141. The van der Waals surface area contributed by atoms with Crippen molar-refractivity contribution in [1.82, 2.24) is 14.6 Å². The maximum Gasteiger partial charge on any atom is 0.308 e. The molecule has 1 aliphatic heterocycles. The highest BCUT2D eigenvalue weighted by atomic mass is 32.1. The first-order valence-electron chi connectivity index (χ1n) is 7.65. The molecule has 3 rings (SSSR count). The van der Waals surface area contributed by atoms with Gasteiger partial charge in [0.1, 0.15) is 0 Å². The number of fused-ring (bicyclic) bond motifs is 1. The van der Waals surface area contributed by atoms with Crippen LogP contribution in [0.3, 0.4) is 0 Å². The molecule has 0 saturated carbocycles. The smallest absolute Gasteiger partial charge is 0.308 e. The second kappa shape index (κ2) is 5.59. The molecule has 1 saturated heterocycles. The lowest BCUT2D eigenvalue weighted by Gasteiger charge is -2.29. The predicted molar refractivity (Wildman–Crippen MR) is 88.4 cm³/mol. The minimum atomic E-state index is -0.777. The number of carboxylic acids is 1. The molecule has 1 aliphatic rings. The Labute approximate surface area is 137 Å². The van der Waals surface area contributed by atoms with Crippen LogP contribution >= 0.6 is 11.3 Å². The molecule has 0 aliphatic carbocycles. The maximum atomic E-state index is 12.3. The predicted octanol–water partition coefficient (Wildman–Crippen LogP) is 1.75. The summed E-state index contributed by atoms with van der Waals surface area (Å²) in [4.78, 5) is 30.5. The van der Waals surface area contributed by atoms with Crippen LogP contribution in [0, 0.1) is 5.92 Å². The van der Waals surface area contributed by atoms with Crippen molar-refractivity contribution in [2.45, 2.75) is 39.0 Å². The van der Waals surface area contributed by atoms with Crippen LogP contribution in [-0.2, 0) is 10.2 Å². The van der Waals surface area contributed by atoms with Gasteiger partial charge in [-0.3, -0.25) is 9.59 Å². The summed E-state index contributed by atoms with van der Waals surface area (Å²) in [5.74, 6) is -1.16. The van der Waals surface area contributed by atoms with Crippen LogP contribution in [0.1, 0.15) is 39.3 Å². The number of hydrogen-bond acceptors (Lipinski definition) is 6. The lowest BCUT2D eigenvalue weighted by atomic mass is 9.92. The van der Waals surface area contributed by atoms with Gasteiger partial charge in [0.2, 0.25) is 10.1 Å². The van der Waals surface area contributed by atoms with Crippen molar-refractivity contribution in [3.05, 3.63) is 22.1 Å². The van der Waals surface area contributed by atoms with Crippen LogP contribution in [0.4, 0.5) is 5.13 Å². The molecule has 1 fully saturated rings. The number of rotatable bonds is 2. The Morgan fingerprint density at radius 3 is 2.83 bits per heavy atom. The third kappa shape index (κ3) is 3.08. The van der Waals surface area contributed by atoms with E-state index in [9.17, 15) is 14.7 Å². The monoisotopic (exact) mass is 336 g/mol. The quantitative estimate of drug-likeness (QED) is 0.899. The van der Waals surface area contributed by atoms with Gasteiger partial charge in [-0.25, -0.2) is 4.98 Å². The molecular formula is C15H20N4O3S. The van der Waals surface area contributed by atoms with Crippen molar-refractivity contribution in [2.75, 3.05) is 18.0 Å². The minimum Gasteiger partial charge on any atom is -0.481 e. The molecule has 7 nitrogen and oxygen atoms in total. The van der Waals surface area contributed by atoms with Crippen molar-refractivity contribution < 1.29 is 9.90 Å². The SMILES string of the molecule is CC(C)(C)c1cc(=O)n2nc(N3CCCC(C(=O)O)C3)sc2n1. The molecular weight excluding hydrogens is 316 g/mol. The zero-order chi connectivity index (χ0) is 16.8. The Kier molecular flexibility index (Phi) is 3.87. The summed E-state index contributed by atoms with van der Waals surface area (Å²) in [6, 6.07) is 1.52. The topological polar surface area (TPSA) is 87.8 Å². The van der Waals surface area contributed by atoms with E-state index in [1.54, 1.807) is 0 Å². The Morgan fingerprint density at radius 1 is 1.43 bits per heavy atom. The highest BCUT2D eigenvalue weighted by molar-refractivity contribution is 7.20. The van der Waals surface area contributed by atoms with Crippen LogP contribution < -0.4 is 10.5 Å². The van der Waals surface area contributed by atoms with Crippen molar-refractivity contribution >= 4 is 27.4 Å². The third-order valence-corrected chi connectivity index (χ3v) is 5.01. The van der Waals surface area contributed by atoms with Crippen molar-refractivity contribution in [3.63, 3.8) is 0 Å². The summed E-state index contributed by atoms with van der Waals surface area (Å²) in [6.45, 7) is 7.21.